The lowest BCUT2D eigenvalue weighted by molar-refractivity contribution is -0.138. The molecule has 61 heavy (non-hydrogen) atoms. The van der Waals surface area contributed by atoms with Gasteiger partial charge < -0.3 is 35.5 Å². The number of carboxylic acid groups (broad SMARTS) is 1. The minimum Gasteiger partial charge on any atom is -0.479 e. The standard InChI is InChI=1S/C44H50N6O10S/c1-26(2)61(57,58)37-16-14-32(19-31(37)21-45-42(55)60-44(5,6)7)48-38(51)23-50(43(56)59-24-29-11-9-8-10-12-29)22-35-27(3)17-30(18-28(35)4)39(41(53)54)49-33-13-15-36-34(20-33)40(52)47-25-46-36/h8-20,25-26,39,49H,21-24H2,1-7H3,(H,45,55)(H,48,51)(H,53,54)(H,46,47,52). The van der Waals surface area contributed by atoms with Crippen LogP contribution in [0.1, 0.15) is 74.0 Å². The van der Waals surface area contributed by atoms with Gasteiger partial charge in [0, 0.05) is 17.9 Å². The number of amides is 3. The van der Waals surface area contributed by atoms with Crippen molar-refractivity contribution in [2.24, 2.45) is 0 Å². The molecular weight excluding hydrogens is 805 g/mol. The third-order valence-electron chi connectivity index (χ3n) is 9.49. The van der Waals surface area contributed by atoms with E-state index in [4.69, 9.17) is 9.47 Å². The van der Waals surface area contributed by atoms with Crippen LogP contribution in [-0.4, -0.2) is 69.9 Å². The van der Waals surface area contributed by atoms with Gasteiger partial charge in [-0.15, -0.1) is 0 Å². The number of hydrogen-bond donors (Lipinski definition) is 5. The van der Waals surface area contributed by atoms with Crippen molar-refractivity contribution in [3.63, 3.8) is 0 Å². The molecule has 16 nitrogen and oxygen atoms in total. The van der Waals surface area contributed by atoms with Crippen LogP contribution in [-0.2, 0) is 48.6 Å². The Bertz CT molecular complexity index is 2580. The van der Waals surface area contributed by atoms with E-state index in [2.05, 4.69) is 25.9 Å². The van der Waals surface area contributed by atoms with Crippen LogP contribution in [0.4, 0.5) is 21.0 Å². The van der Waals surface area contributed by atoms with Crippen molar-refractivity contribution in [3.05, 3.63) is 129 Å². The average Bonchev–Trinajstić information content (AvgIpc) is 3.18. The van der Waals surface area contributed by atoms with Gasteiger partial charge in [-0.2, -0.15) is 0 Å². The number of nitrogens with zero attached hydrogens (tertiary/aromatic N) is 2. The molecule has 0 radical (unpaired) electrons. The fourth-order valence-corrected chi connectivity index (χ4v) is 7.69. The number of aromatic amines is 1. The zero-order chi connectivity index (χ0) is 44.6. The molecule has 0 fully saturated rings. The maximum atomic E-state index is 13.7. The summed E-state index contributed by atoms with van der Waals surface area (Å²) >= 11 is 0. The van der Waals surface area contributed by atoms with Gasteiger partial charge in [-0.05, 0) is 118 Å². The van der Waals surface area contributed by atoms with Crippen molar-refractivity contribution in [2.45, 2.75) is 90.0 Å². The summed E-state index contributed by atoms with van der Waals surface area (Å²) < 4.78 is 37.5. The lowest BCUT2D eigenvalue weighted by Gasteiger charge is -2.25. The minimum atomic E-state index is -3.80. The van der Waals surface area contributed by atoms with E-state index in [1.807, 2.05) is 6.07 Å². The van der Waals surface area contributed by atoms with Crippen molar-refractivity contribution in [3.8, 4) is 0 Å². The average molecular weight is 855 g/mol. The quantitative estimate of drug-likeness (QED) is 0.0736. The highest BCUT2D eigenvalue weighted by Crippen LogP contribution is 2.28. The van der Waals surface area contributed by atoms with Gasteiger partial charge >= 0.3 is 18.2 Å². The Morgan fingerprint density at radius 1 is 0.918 bits per heavy atom. The van der Waals surface area contributed by atoms with Crippen molar-refractivity contribution in [1.29, 1.82) is 0 Å². The van der Waals surface area contributed by atoms with Gasteiger partial charge in [-0.3, -0.25) is 14.5 Å². The molecule has 322 valence electrons. The fraction of sp³-hybridized carbons (Fsp3) is 0.318. The first-order valence-electron chi connectivity index (χ1n) is 19.4. The number of ether oxygens (including phenoxy) is 2. The zero-order valence-corrected chi connectivity index (χ0v) is 35.8. The summed E-state index contributed by atoms with van der Waals surface area (Å²) in [5.74, 6) is -1.80. The summed E-state index contributed by atoms with van der Waals surface area (Å²) in [6, 6.07) is 20.1. The topological polar surface area (TPSA) is 226 Å². The van der Waals surface area contributed by atoms with E-state index in [0.29, 0.717) is 33.5 Å². The smallest absolute Gasteiger partial charge is 0.410 e. The molecule has 4 aromatic carbocycles. The van der Waals surface area contributed by atoms with Crippen molar-refractivity contribution in [2.75, 3.05) is 17.2 Å². The molecule has 0 saturated carbocycles. The number of rotatable bonds is 15. The Kier molecular flexibility index (Phi) is 14.2. The molecule has 17 heteroatoms. The molecule has 1 aromatic heterocycles. The van der Waals surface area contributed by atoms with E-state index in [1.54, 1.807) is 83.1 Å². The lowest BCUT2D eigenvalue weighted by atomic mass is 9.95. The molecule has 0 spiro atoms. The number of carboxylic acids is 1. The number of sulfone groups is 1. The molecule has 1 heterocycles. The molecule has 5 N–H and O–H groups in total. The third kappa shape index (κ3) is 11.9. The van der Waals surface area contributed by atoms with E-state index in [9.17, 15) is 37.5 Å². The van der Waals surface area contributed by atoms with E-state index in [1.165, 1.54) is 49.3 Å². The predicted molar refractivity (Wildman–Crippen MR) is 230 cm³/mol. The van der Waals surface area contributed by atoms with E-state index < -0.39 is 57.3 Å². The van der Waals surface area contributed by atoms with Crippen LogP contribution >= 0.6 is 0 Å². The highest BCUT2D eigenvalue weighted by Gasteiger charge is 2.27. The largest absolute Gasteiger partial charge is 0.479 e. The number of aromatic nitrogens is 2. The molecule has 5 rings (SSSR count). The number of aryl methyl sites for hydroxylation is 2. The molecule has 1 atom stereocenters. The summed E-state index contributed by atoms with van der Waals surface area (Å²) in [5.41, 5.74) is 3.12. The zero-order valence-electron chi connectivity index (χ0n) is 35.0. The van der Waals surface area contributed by atoms with Crippen LogP contribution in [0.5, 0.6) is 0 Å². The first-order valence-corrected chi connectivity index (χ1v) is 20.9. The second-order valence-corrected chi connectivity index (χ2v) is 18.2. The Hall–Kier alpha value is -6.75. The molecule has 0 bridgehead atoms. The summed E-state index contributed by atoms with van der Waals surface area (Å²) in [6.07, 6.45) is -0.267. The summed E-state index contributed by atoms with van der Waals surface area (Å²) in [4.78, 5) is 72.7. The van der Waals surface area contributed by atoms with E-state index in [0.717, 1.165) is 5.56 Å². The number of anilines is 2. The van der Waals surface area contributed by atoms with Gasteiger partial charge in [0.15, 0.2) is 15.9 Å². The second kappa shape index (κ2) is 19.1. The summed E-state index contributed by atoms with van der Waals surface area (Å²) in [5, 5.41) is 18.1. The number of nitrogens with one attached hydrogen (secondary N) is 4. The van der Waals surface area contributed by atoms with Gasteiger partial charge in [0.1, 0.15) is 18.8 Å². The summed E-state index contributed by atoms with van der Waals surface area (Å²) in [7, 11) is -3.80. The Labute approximate surface area is 353 Å². The number of hydrogen-bond acceptors (Lipinski definition) is 11. The predicted octanol–water partition coefficient (Wildman–Crippen LogP) is 6.76. The highest BCUT2D eigenvalue weighted by atomic mass is 32.2. The summed E-state index contributed by atoms with van der Waals surface area (Å²) in [6.45, 7) is 10.8. The van der Waals surface area contributed by atoms with Crippen molar-refractivity contribution >= 4 is 56.2 Å². The van der Waals surface area contributed by atoms with Crippen LogP contribution in [0.15, 0.2) is 94.9 Å². The third-order valence-corrected chi connectivity index (χ3v) is 11.7. The SMILES string of the molecule is Cc1cc(C(Nc2ccc3nc[nH]c(=O)c3c2)C(=O)O)cc(C)c1CN(CC(=O)Nc1ccc(S(=O)(=O)C(C)C)c(CNC(=O)OC(C)(C)C)c1)C(=O)OCc1ccccc1. The molecule has 1 unspecified atom stereocenters. The maximum absolute atomic E-state index is 13.7. The second-order valence-electron chi connectivity index (χ2n) is 15.7. The monoisotopic (exact) mass is 854 g/mol. The van der Waals surface area contributed by atoms with Gasteiger partial charge in [0.25, 0.3) is 5.56 Å². The number of benzene rings is 4. The molecule has 0 aliphatic carbocycles. The molecule has 3 amide bonds. The van der Waals surface area contributed by atoms with Gasteiger partial charge in [0.05, 0.1) is 33.9 Å². The Balaban J connectivity index is 1.40. The van der Waals surface area contributed by atoms with Gasteiger partial charge in [0.2, 0.25) is 5.91 Å². The molecule has 5 aromatic rings. The first-order chi connectivity index (χ1) is 28.7. The van der Waals surface area contributed by atoms with Gasteiger partial charge in [-0.25, -0.2) is 27.8 Å². The van der Waals surface area contributed by atoms with Crippen molar-refractivity contribution < 1.29 is 42.2 Å². The lowest BCUT2D eigenvalue weighted by Crippen LogP contribution is -2.38. The van der Waals surface area contributed by atoms with Crippen molar-refractivity contribution in [1.82, 2.24) is 20.2 Å². The van der Waals surface area contributed by atoms with Crippen LogP contribution in [0, 0.1) is 13.8 Å². The number of carbonyl (C=O) groups excluding carboxylic acids is 3. The van der Waals surface area contributed by atoms with Crippen LogP contribution in [0.3, 0.4) is 0 Å². The van der Waals surface area contributed by atoms with Crippen LogP contribution in [0.2, 0.25) is 0 Å². The van der Waals surface area contributed by atoms with E-state index >= 15 is 0 Å². The molecule has 0 aliphatic heterocycles. The number of alkyl carbamates (subject to hydrolysis) is 1. The van der Waals surface area contributed by atoms with E-state index in [-0.39, 0.29) is 46.8 Å². The fourth-order valence-electron chi connectivity index (χ4n) is 6.42. The molecule has 0 aliphatic rings. The number of fused-ring (bicyclic) bond motifs is 1. The minimum absolute atomic E-state index is 0.0257. The van der Waals surface area contributed by atoms with Gasteiger partial charge in [-0.1, -0.05) is 42.5 Å². The normalized spacial score (nSPS) is 12.1. The number of aliphatic carboxylic acids is 1. The Morgan fingerprint density at radius 2 is 1.59 bits per heavy atom. The van der Waals surface area contributed by atoms with Crippen LogP contribution in [0.25, 0.3) is 10.9 Å². The first kappa shape index (κ1) is 45.3. The molecule has 0 saturated heterocycles. The highest BCUT2D eigenvalue weighted by molar-refractivity contribution is 7.92. The number of carbonyl (C=O) groups is 4. The molecular formula is C44H50N6O10S. The Morgan fingerprint density at radius 3 is 2.23 bits per heavy atom. The number of H-pyrrole nitrogens is 1. The van der Waals surface area contributed by atoms with Crippen LogP contribution < -0.4 is 21.5 Å². The maximum Gasteiger partial charge on any atom is 0.410 e.